The van der Waals surface area contributed by atoms with Crippen molar-refractivity contribution in [2.75, 3.05) is 0 Å². The Kier molecular flexibility index (Phi) is 2.18. The molecule has 0 radical (unpaired) electrons. The van der Waals surface area contributed by atoms with Crippen LogP contribution in [0.1, 0.15) is 12.8 Å². The lowest BCUT2D eigenvalue weighted by Crippen LogP contribution is -2.32. The summed E-state index contributed by atoms with van der Waals surface area (Å²) in [5, 5.41) is 0.829. The number of imide groups is 1. The van der Waals surface area contributed by atoms with Gasteiger partial charge in [-0.2, -0.15) is 0 Å². The topological polar surface area (TPSA) is 46.6 Å². The van der Waals surface area contributed by atoms with Crippen LogP contribution >= 0.6 is 0 Å². The van der Waals surface area contributed by atoms with Crippen molar-refractivity contribution in [3.63, 3.8) is 0 Å². The fourth-order valence-corrected chi connectivity index (χ4v) is 1.24. The van der Waals surface area contributed by atoms with Gasteiger partial charge in [-0.05, 0) is 12.1 Å². The van der Waals surface area contributed by atoms with Crippen molar-refractivity contribution in [3.8, 4) is 5.75 Å². The average Bonchev–Trinajstić information content (AvgIpc) is 2.51. The molecule has 0 unspecified atom stereocenters. The van der Waals surface area contributed by atoms with E-state index in [0.717, 1.165) is 5.06 Å². The van der Waals surface area contributed by atoms with Gasteiger partial charge in [0, 0.05) is 12.8 Å². The second kappa shape index (κ2) is 3.49. The second-order valence-corrected chi connectivity index (χ2v) is 2.99. The summed E-state index contributed by atoms with van der Waals surface area (Å²) in [4.78, 5) is 27.5. The van der Waals surface area contributed by atoms with Gasteiger partial charge in [0.25, 0.3) is 11.8 Å². The van der Waals surface area contributed by atoms with Crippen LogP contribution in [0.5, 0.6) is 5.75 Å². The number of nitrogens with zero attached hydrogens (tertiary/aromatic N) is 1. The maximum Gasteiger partial charge on any atom is 0.263 e. The number of rotatable bonds is 2. The molecule has 0 spiro atoms. The van der Waals surface area contributed by atoms with Crippen molar-refractivity contribution in [1.82, 2.24) is 5.06 Å². The van der Waals surface area contributed by atoms with Gasteiger partial charge in [0.05, 0.1) is 0 Å². The van der Waals surface area contributed by atoms with Gasteiger partial charge in [0.2, 0.25) is 0 Å². The van der Waals surface area contributed by atoms with E-state index in [2.05, 4.69) is 0 Å². The molecule has 2 amide bonds. The lowest BCUT2D eigenvalue weighted by atomic mass is 10.3. The Morgan fingerprint density at radius 1 is 1.00 bits per heavy atom. The summed E-state index contributed by atoms with van der Waals surface area (Å²) in [7, 11) is 0. The zero-order valence-corrected chi connectivity index (χ0v) is 7.47. The Labute approximate surface area is 81.0 Å². The van der Waals surface area contributed by atoms with Gasteiger partial charge < -0.3 is 4.84 Å². The zero-order chi connectivity index (χ0) is 9.97. The summed E-state index contributed by atoms with van der Waals surface area (Å²) in [6.45, 7) is 0. The van der Waals surface area contributed by atoms with Crippen LogP contribution in [0.15, 0.2) is 30.3 Å². The van der Waals surface area contributed by atoms with Gasteiger partial charge in [0.1, 0.15) is 0 Å². The van der Waals surface area contributed by atoms with Crippen molar-refractivity contribution in [2.45, 2.75) is 12.8 Å². The fraction of sp³-hybridized carbons (Fsp3) is 0.200. The van der Waals surface area contributed by atoms with Crippen molar-refractivity contribution in [1.29, 1.82) is 0 Å². The lowest BCUT2D eigenvalue weighted by Gasteiger charge is -2.13. The van der Waals surface area contributed by atoms with Gasteiger partial charge >= 0.3 is 0 Å². The van der Waals surface area contributed by atoms with Gasteiger partial charge in [-0.15, -0.1) is 5.06 Å². The molecular weight excluding hydrogens is 182 g/mol. The number of hydrogen-bond donors (Lipinski definition) is 0. The van der Waals surface area contributed by atoms with Crippen LogP contribution in [0.25, 0.3) is 0 Å². The number of amides is 2. The molecule has 1 saturated heterocycles. The van der Waals surface area contributed by atoms with E-state index in [0.29, 0.717) is 5.75 Å². The quantitative estimate of drug-likeness (QED) is 0.658. The molecule has 4 heteroatoms. The van der Waals surface area contributed by atoms with Crippen LogP contribution in [0.2, 0.25) is 0 Å². The first-order valence-electron chi connectivity index (χ1n) is 4.36. The molecular formula is C10H9NO3. The molecule has 1 fully saturated rings. The molecule has 0 aromatic heterocycles. The van der Waals surface area contributed by atoms with Gasteiger partial charge in [-0.3, -0.25) is 9.59 Å². The third kappa shape index (κ3) is 1.59. The van der Waals surface area contributed by atoms with E-state index in [9.17, 15) is 9.59 Å². The van der Waals surface area contributed by atoms with E-state index < -0.39 is 0 Å². The first-order chi connectivity index (χ1) is 6.77. The highest BCUT2D eigenvalue weighted by Gasteiger charge is 2.31. The molecule has 0 atom stereocenters. The molecule has 2 rings (SSSR count). The van der Waals surface area contributed by atoms with Crippen LogP contribution in [0.3, 0.4) is 0 Å². The maximum absolute atomic E-state index is 11.2. The summed E-state index contributed by atoms with van der Waals surface area (Å²) in [5.74, 6) is -0.0613. The summed E-state index contributed by atoms with van der Waals surface area (Å²) in [6, 6.07) is 8.78. The smallest absolute Gasteiger partial charge is 0.263 e. The lowest BCUT2D eigenvalue weighted by molar-refractivity contribution is -0.164. The molecule has 0 N–H and O–H groups in total. The molecule has 0 saturated carbocycles. The van der Waals surface area contributed by atoms with Crippen molar-refractivity contribution >= 4 is 11.8 Å². The summed E-state index contributed by atoms with van der Waals surface area (Å²) in [6.07, 6.45) is 0.483. The molecule has 0 bridgehead atoms. The van der Waals surface area contributed by atoms with Gasteiger partial charge in [-0.1, -0.05) is 18.2 Å². The Balaban J connectivity index is 2.11. The molecule has 1 heterocycles. The number of benzene rings is 1. The molecule has 0 aliphatic carbocycles. The molecule has 1 aromatic carbocycles. The van der Waals surface area contributed by atoms with E-state index in [4.69, 9.17) is 4.84 Å². The van der Waals surface area contributed by atoms with Crippen LogP contribution in [-0.2, 0) is 9.59 Å². The third-order valence-corrected chi connectivity index (χ3v) is 1.95. The SMILES string of the molecule is O=C1CCC(=O)N1Oc1ccccc1. The second-order valence-electron chi connectivity index (χ2n) is 2.99. The van der Waals surface area contributed by atoms with Crippen molar-refractivity contribution in [2.24, 2.45) is 0 Å². The minimum Gasteiger partial charge on any atom is -0.369 e. The van der Waals surface area contributed by atoms with E-state index in [-0.39, 0.29) is 24.7 Å². The molecule has 72 valence electrons. The molecule has 4 nitrogen and oxygen atoms in total. The van der Waals surface area contributed by atoms with E-state index >= 15 is 0 Å². The number of para-hydroxylation sites is 1. The monoisotopic (exact) mass is 191 g/mol. The Bertz CT molecular complexity index is 345. The zero-order valence-electron chi connectivity index (χ0n) is 7.47. The normalized spacial score (nSPS) is 16.1. The summed E-state index contributed by atoms with van der Waals surface area (Å²) >= 11 is 0. The molecule has 14 heavy (non-hydrogen) atoms. The average molecular weight is 191 g/mol. The van der Waals surface area contributed by atoms with Crippen molar-refractivity contribution < 1.29 is 14.4 Å². The van der Waals surface area contributed by atoms with Crippen LogP contribution in [0.4, 0.5) is 0 Å². The predicted molar refractivity (Wildman–Crippen MR) is 48.2 cm³/mol. The van der Waals surface area contributed by atoms with E-state index in [1.54, 1.807) is 24.3 Å². The number of carbonyl (C=O) groups is 2. The Morgan fingerprint density at radius 2 is 1.57 bits per heavy atom. The molecule has 1 aliphatic rings. The highest BCUT2D eigenvalue weighted by molar-refractivity contribution is 6.00. The van der Waals surface area contributed by atoms with Crippen LogP contribution in [0, 0.1) is 0 Å². The van der Waals surface area contributed by atoms with Crippen LogP contribution < -0.4 is 4.84 Å². The molecule has 1 aliphatic heterocycles. The van der Waals surface area contributed by atoms with Crippen LogP contribution in [-0.4, -0.2) is 16.9 Å². The highest BCUT2D eigenvalue weighted by atomic mass is 16.7. The largest absolute Gasteiger partial charge is 0.369 e. The van der Waals surface area contributed by atoms with Crippen molar-refractivity contribution in [3.05, 3.63) is 30.3 Å². The number of hydrogen-bond acceptors (Lipinski definition) is 3. The first kappa shape index (κ1) is 8.74. The fourth-order valence-electron chi connectivity index (χ4n) is 1.24. The standard InChI is InChI=1S/C10H9NO3/c12-9-6-7-10(13)11(9)14-8-4-2-1-3-5-8/h1-5H,6-7H2. The maximum atomic E-state index is 11.2. The number of carbonyl (C=O) groups excluding carboxylic acids is 2. The Hall–Kier alpha value is -1.84. The van der Waals surface area contributed by atoms with Gasteiger partial charge in [-0.25, -0.2) is 0 Å². The first-order valence-corrected chi connectivity index (χ1v) is 4.36. The van der Waals surface area contributed by atoms with E-state index in [1.165, 1.54) is 0 Å². The Morgan fingerprint density at radius 3 is 2.14 bits per heavy atom. The minimum atomic E-state index is -0.279. The third-order valence-electron chi connectivity index (χ3n) is 1.95. The van der Waals surface area contributed by atoms with E-state index in [1.807, 2.05) is 6.07 Å². The van der Waals surface area contributed by atoms with Gasteiger partial charge in [0.15, 0.2) is 5.75 Å². The summed E-state index contributed by atoms with van der Waals surface area (Å²) < 4.78 is 0. The molecule has 1 aromatic rings. The summed E-state index contributed by atoms with van der Waals surface area (Å²) in [5.41, 5.74) is 0. The number of hydroxylamine groups is 2. The highest BCUT2D eigenvalue weighted by Crippen LogP contribution is 2.16. The minimum absolute atomic E-state index is 0.242. The predicted octanol–water partition coefficient (Wildman–Crippen LogP) is 1.13.